The number of likely N-dealkylation sites (tertiary alicyclic amines) is 1. The van der Waals surface area contributed by atoms with Crippen LogP contribution in [0.4, 0.5) is 0 Å². The summed E-state index contributed by atoms with van der Waals surface area (Å²) in [6.07, 6.45) is 1.57. The first-order valence-corrected chi connectivity index (χ1v) is 8.07. The van der Waals surface area contributed by atoms with E-state index in [0.717, 1.165) is 5.56 Å². The number of carboxylic acids is 1. The maximum absolute atomic E-state index is 12.4. The Hall–Kier alpha value is -2.90. The van der Waals surface area contributed by atoms with Gasteiger partial charge in [0.15, 0.2) is 6.61 Å². The molecule has 2 aromatic rings. The van der Waals surface area contributed by atoms with Gasteiger partial charge < -0.3 is 14.7 Å². The van der Waals surface area contributed by atoms with Crippen LogP contribution in [0, 0.1) is 12.8 Å². The molecule has 8 nitrogen and oxygen atoms in total. The van der Waals surface area contributed by atoms with Crippen LogP contribution in [0.1, 0.15) is 23.6 Å². The predicted molar refractivity (Wildman–Crippen MR) is 88.1 cm³/mol. The molecule has 0 saturated carbocycles. The first-order chi connectivity index (χ1) is 12.0. The zero-order chi connectivity index (χ0) is 17.8. The van der Waals surface area contributed by atoms with Gasteiger partial charge in [0.1, 0.15) is 5.75 Å². The lowest BCUT2D eigenvalue weighted by Crippen LogP contribution is -2.33. The summed E-state index contributed by atoms with van der Waals surface area (Å²) in [4.78, 5) is 25.2. The summed E-state index contributed by atoms with van der Waals surface area (Å²) in [7, 11) is 0. The molecule has 3 rings (SSSR count). The van der Waals surface area contributed by atoms with Gasteiger partial charge in [0.05, 0.1) is 18.3 Å². The highest BCUT2D eigenvalue weighted by Gasteiger charge is 2.38. The van der Waals surface area contributed by atoms with Crippen molar-refractivity contribution >= 4 is 11.9 Å². The van der Waals surface area contributed by atoms with Crippen molar-refractivity contribution in [1.29, 1.82) is 0 Å². The van der Waals surface area contributed by atoms with Crippen LogP contribution in [0.2, 0.25) is 0 Å². The molecule has 1 aliphatic rings. The highest BCUT2D eigenvalue weighted by atomic mass is 16.5. The number of nitrogens with one attached hydrogen (secondary N) is 1. The first kappa shape index (κ1) is 16.9. The van der Waals surface area contributed by atoms with Crippen LogP contribution < -0.4 is 4.74 Å². The van der Waals surface area contributed by atoms with Gasteiger partial charge in [-0.1, -0.05) is 17.7 Å². The van der Waals surface area contributed by atoms with E-state index in [-0.39, 0.29) is 30.8 Å². The Bertz CT molecular complexity index is 730. The van der Waals surface area contributed by atoms with Gasteiger partial charge in [-0.2, -0.15) is 15.4 Å². The number of ether oxygens (including phenoxy) is 1. The molecule has 8 heteroatoms. The Morgan fingerprint density at radius 3 is 2.72 bits per heavy atom. The van der Waals surface area contributed by atoms with Gasteiger partial charge in [0.2, 0.25) is 0 Å². The topological polar surface area (TPSA) is 108 Å². The Morgan fingerprint density at radius 2 is 2.08 bits per heavy atom. The minimum Gasteiger partial charge on any atom is -0.484 e. The normalized spacial score (nSPS) is 19.8. The third-order valence-corrected chi connectivity index (χ3v) is 4.43. The average Bonchev–Trinajstić information content (AvgIpc) is 3.23. The molecule has 1 aromatic heterocycles. The van der Waals surface area contributed by atoms with Crippen molar-refractivity contribution in [3.63, 3.8) is 0 Å². The second-order valence-corrected chi connectivity index (χ2v) is 6.26. The number of aliphatic carboxylic acids is 1. The average molecular weight is 344 g/mol. The molecule has 1 amide bonds. The lowest BCUT2D eigenvalue weighted by atomic mass is 9.91. The SMILES string of the molecule is Cc1ccc(OCC(=O)N2C[C@H](CC(=O)O)[C@H](c3cn[nH]n3)C2)cc1. The summed E-state index contributed by atoms with van der Waals surface area (Å²) >= 11 is 0. The minimum absolute atomic E-state index is 0.0138. The van der Waals surface area contributed by atoms with E-state index < -0.39 is 5.97 Å². The Balaban J connectivity index is 1.62. The van der Waals surface area contributed by atoms with Crippen LogP contribution >= 0.6 is 0 Å². The van der Waals surface area contributed by atoms with E-state index in [1.54, 1.807) is 11.1 Å². The molecule has 25 heavy (non-hydrogen) atoms. The summed E-state index contributed by atoms with van der Waals surface area (Å²) in [5.41, 5.74) is 1.80. The molecule has 0 spiro atoms. The Kier molecular flexibility index (Phi) is 4.97. The molecular formula is C17H20N4O4. The summed E-state index contributed by atoms with van der Waals surface area (Å²) in [6, 6.07) is 7.47. The quantitative estimate of drug-likeness (QED) is 0.815. The number of aryl methyl sites for hydroxylation is 1. The van der Waals surface area contributed by atoms with Gasteiger partial charge >= 0.3 is 5.97 Å². The number of benzene rings is 1. The maximum atomic E-state index is 12.4. The fourth-order valence-corrected chi connectivity index (χ4v) is 3.10. The molecule has 1 saturated heterocycles. The number of aromatic nitrogens is 3. The second kappa shape index (κ2) is 7.33. The van der Waals surface area contributed by atoms with E-state index in [9.17, 15) is 9.59 Å². The lowest BCUT2D eigenvalue weighted by molar-refractivity contribution is -0.138. The first-order valence-electron chi connectivity index (χ1n) is 8.07. The number of hydrogen-bond donors (Lipinski definition) is 2. The zero-order valence-corrected chi connectivity index (χ0v) is 13.9. The van der Waals surface area contributed by atoms with E-state index in [0.29, 0.717) is 24.5 Å². The summed E-state index contributed by atoms with van der Waals surface area (Å²) in [6.45, 7) is 2.70. The van der Waals surface area contributed by atoms with Gasteiger partial charge in [-0.15, -0.1) is 0 Å². The highest BCUT2D eigenvalue weighted by Crippen LogP contribution is 2.33. The van der Waals surface area contributed by atoms with Crippen LogP contribution in [0.15, 0.2) is 30.5 Å². The van der Waals surface area contributed by atoms with E-state index in [2.05, 4.69) is 15.4 Å². The van der Waals surface area contributed by atoms with Gasteiger partial charge in [0.25, 0.3) is 5.91 Å². The number of carbonyl (C=O) groups excluding carboxylic acids is 1. The lowest BCUT2D eigenvalue weighted by Gasteiger charge is -2.16. The number of carboxylic acid groups (broad SMARTS) is 1. The van der Waals surface area contributed by atoms with E-state index in [1.165, 1.54) is 0 Å². The fourth-order valence-electron chi connectivity index (χ4n) is 3.10. The van der Waals surface area contributed by atoms with Crippen molar-refractivity contribution in [3.8, 4) is 5.75 Å². The van der Waals surface area contributed by atoms with Gasteiger partial charge in [-0.05, 0) is 25.0 Å². The molecule has 2 atom stereocenters. The molecule has 2 N–H and O–H groups in total. The van der Waals surface area contributed by atoms with Gasteiger partial charge in [0, 0.05) is 19.0 Å². The third kappa shape index (κ3) is 4.14. The largest absolute Gasteiger partial charge is 0.484 e. The molecule has 132 valence electrons. The van der Waals surface area contributed by atoms with Gasteiger partial charge in [-0.3, -0.25) is 9.59 Å². The molecule has 0 bridgehead atoms. The molecule has 0 unspecified atom stereocenters. The Labute approximate surface area is 144 Å². The standard InChI is InChI=1S/C17H20N4O4/c1-11-2-4-13(5-3-11)25-10-16(22)21-8-12(6-17(23)24)14(9-21)15-7-18-20-19-15/h2-5,7,12,14H,6,8-10H2,1H3,(H,23,24)(H,18,19,20)/t12-,14+/m0/s1. The summed E-state index contributed by atoms with van der Waals surface area (Å²) in [5, 5.41) is 19.5. The van der Waals surface area contributed by atoms with Crippen LogP contribution in [-0.2, 0) is 9.59 Å². The number of amides is 1. The minimum atomic E-state index is -0.885. The van der Waals surface area contributed by atoms with Crippen LogP contribution in [-0.4, -0.2) is 57.0 Å². The van der Waals surface area contributed by atoms with Crippen molar-refractivity contribution in [2.45, 2.75) is 19.3 Å². The monoisotopic (exact) mass is 344 g/mol. The highest BCUT2D eigenvalue weighted by molar-refractivity contribution is 5.78. The second-order valence-electron chi connectivity index (χ2n) is 6.26. The molecule has 0 aliphatic carbocycles. The Morgan fingerprint density at radius 1 is 1.32 bits per heavy atom. The van der Waals surface area contributed by atoms with E-state index >= 15 is 0 Å². The number of H-pyrrole nitrogens is 1. The number of carbonyl (C=O) groups is 2. The van der Waals surface area contributed by atoms with Crippen molar-refractivity contribution in [2.24, 2.45) is 5.92 Å². The van der Waals surface area contributed by atoms with Crippen LogP contribution in [0.25, 0.3) is 0 Å². The number of hydrogen-bond acceptors (Lipinski definition) is 5. The summed E-state index contributed by atoms with van der Waals surface area (Å²) in [5.74, 6) is -0.747. The maximum Gasteiger partial charge on any atom is 0.303 e. The van der Waals surface area contributed by atoms with Gasteiger partial charge in [-0.25, -0.2) is 0 Å². The van der Waals surface area contributed by atoms with Crippen molar-refractivity contribution in [2.75, 3.05) is 19.7 Å². The molecule has 0 radical (unpaired) electrons. The van der Waals surface area contributed by atoms with Crippen LogP contribution in [0.5, 0.6) is 5.75 Å². The number of aromatic amines is 1. The summed E-state index contributed by atoms with van der Waals surface area (Å²) < 4.78 is 5.54. The fraction of sp³-hybridized carbons (Fsp3) is 0.412. The van der Waals surface area contributed by atoms with Crippen molar-refractivity contribution in [3.05, 3.63) is 41.7 Å². The van der Waals surface area contributed by atoms with E-state index in [4.69, 9.17) is 9.84 Å². The molecule has 1 aromatic carbocycles. The molecule has 2 heterocycles. The van der Waals surface area contributed by atoms with Crippen molar-refractivity contribution in [1.82, 2.24) is 20.3 Å². The molecular weight excluding hydrogens is 324 g/mol. The predicted octanol–water partition coefficient (Wildman–Crippen LogP) is 1.21. The molecule has 1 aliphatic heterocycles. The molecule has 1 fully saturated rings. The number of rotatable bonds is 6. The smallest absolute Gasteiger partial charge is 0.303 e. The van der Waals surface area contributed by atoms with E-state index in [1.807, 2.05) is 31.2 Å². The van der Waals surface area contributed by atoms with Crippen LogP contribution in [0.3, 0.4) is 0 Å². The third-order valence-electron chi connectivity index (χ3n) is 4.43. The van der Waals surface area contributed by atoms with Crippen molar-refractivity contribution < 1.29 is 19.4 Å². The number of nitrogens with zero attached hydrogens (tertiary/aromatic N) is 3. The zero-order valence-electron chi connectivity index (χ0n) is 13.9.